The van der Waals surface area contributed by atoms with Gasteiger partial charge in [0, 0.05) is 36.1 Å². The number of piperidine rings is 1. The molecule has 1 saturated heterocycles. The van der Waals surface area contributed by atoms with E-state index in [0.29, 0.717) is 11.9 Å². The monoisotopic (exact) mass is 422 g/mol. The first-order chi connectivity index (χ1) is 14.4. The predicted octanol–water partition coefficient (Wildman–Crippen LogP) is 4.33. The number of thiazole rings is 1. The molecule has 1 amide bonds. The molecular formula is C22H26N6OS. The number of likely N-dealkylation sites (tertiary alicyclic amines) is 1. The van der Waals surface area contributed by atoms with Gasteiger partial charge < -0.3 is 10.2 Å². The fraction of sp³-hybridized carbons (Fsp3) is 0.409. The van der Waals surface area contributed by atoms with Crippen molar-refractivity contribution in [2.24, 2.45) is 0 Å². The van der Waals surface area contributed by atoms with Crippen molar-refractivity contribution in [3.63, 3.8) is 0 Å². The number of hydrogen-bond donors (Lipinski definition) is 1. The maximum Gasteiger partial charge on any atom is 0.265 e. The number of aryl methyl sites for hydroxylation is 4. The summed E-state index contributed by atoms with van der Waals surface area (Å²) in [7, 11) is 0. The Labute approximate surface area is 180 Å². The van der Waals surface area contributed by atoms with E-state index < -0.39 is 0 Å². The fourth-order valence-corrected chi connectivity index (χ4v) is 4.77. The quantitative estimate of drug-likeness (QED) is 0.674. The molecule has 0 atom stereocenters. The molecule has 1 aliphatic rings. The van der Waals surface area contributed by atoms with E-state index in [4.69, 9.17) is 0 Å². The number of carbonyl (C=O) groups excluding carboxylic acids is 1. The first-order valence-corrected chi connectivity index (χ1v) is 11.0. The zero-order valence-electron chi connectivity index (χ0n) is 17.8. The normalized spacial score (nSPS) is 14.7. The highest BCUT2D eigenvalue weighted by atomic mass is 32.1. The fourth-order valence-electron chi connectivity index (χ4n) is 3.88. The van der Waals surface area contributed by atoms with E-state index in [1.54, 1.807) is 0 Å². The molecule has 1 fully saturated rings. The SMILES string of the molecule is Cc1cc(C)nc(Nc2ccc(C3CCN(C(=O)c4sc(C)nc4C)CC3)nc2)n1. The van der Waals surface area contributed by atoms with Crippen LogP contribution in [-0.2, 0) is 0 Å². The van der Waals surface area contributed by atoms with Crippen molar-refractivity contribution in [2.45, 2.75) is 46.5 Å². The summed E-state index contributed by atoms with van der Waals surface area (Å²) in [6.07, 6.45) is 3.67. The van der Waals surface area contributed by atoms with Gasteiger partial charge in [-0.25, -0.2) is 15.0 Å². The minimum Gasteiger partial charge on any atom is -0.338 e. The summed E-state index contributed by atoms with van der Waals surface area (Å²) in [5.41, 5.74) is 4.63. The third kappa shape index (κ3) is 4.48. The van der Waals surface area contributed by atoms with Crippen LogP contribution in [0, 0.1) is 27.7 Å². The first-order valence-electron chi connectivity index (χ1n) is 10.2. The van der Waals surface area contributed by atoms with Crippen LogP contribution >= 0.6 is 11.3 Å². The van der Waals surface area contributed by atoms with E-state index in [0.717, 1.165) is 64.3 Å². The summed E-state index contributed by atoms with van der Waals surface area (Å²) in [5, 5.41) is 4.16. The van der Waals surface area contributed by atoms with Crippen LogP contribution in [-0.4, -0.2) is 43.8 Å². The van der Waals surface area contributed by atoms with Gasteiger partial charge >= 0.3 is 0 Å². The minimum absolute atomic E-state index is 0.109. The highest BCUT2D eigenvalue weighted by Crippen LogP contribution is 2.29. The number of hydrogen-bond acceptors (Lipinski definition) is 7. The molecule has 0 aromatic carbocycles. The van der Waals surface area contributed by atoms with Crippen LogP contribution in [0.1, 0.15) is 56.2 Å². The van der Waals surface area contributed by atoms with Crippen LogP contribution in [0.15, 0.2) is 24.4 Å². The van der Waals surface area contributed by atoms with Crippen molar-refractivity contribution < 1.29 is 4.79 Å². The van der Waals surface area contributed by atoms with Gasteiger partial charge in [-0.3, -0.25) is 9.78 Å². The van der Waals surface area contributed by atoms with Crippen molar-refractivity contribution in [1.82, 2.24) is 24.8 Å². The van der Waals surface area contributed by atoms with Crippen molar-refractivity contribution in [2.75, 3.05) is 18.4 Å². The Morgan fingerprint density at radius 1 is 1.07 bits per heavy atom. The number of rotatable bonds is 4. The number of amides is 1. The number of pyridine rings is 1. The summed E-state index contributed by atoms with van der Waals surface area (Å²) in [5.74, 6) is 1.06. The lowest BCUT2D eigenvalue weighted by Crippen LogP contribution is -2.38. The molecule has 0 aliphatic carbocycles. The second-order valence-electron chi connectivity index (χ2n) is 7.78. The van der Waals surface area contributed by atoms with E-state index in [9.17, 15) is 4.79 Å². The van der Waals surface area contributed by atoms with Gasteiger partial charge in [0.25, 0.3) is 5.91 Å². The summed E-state index contributed by atoms with van der Waals surface area (Å²) >= 11 is 1.49. The number of aromatic nitrogens is 4. The van der Waals surface area contributed by atoms with Gasteiger partial charge in [0.15, 0.2) is 0 Å². The Balaban J connectivity index is 1.37. The molecule has 3 aromatic rings. The zero-order chi connectivity index (χ0) is 21.3. The predicted molar refractivity (Wildman–Crippen MR) is 118 cm³/mol. The van der Waals surface area contributed by atoms with Gasteiger partial charge in [-0.05, 0) is 58.7 Å². The van der Waals surface area contributed by atoms with Crippen LogP contribution in [0.2, 0.25) is 0 Å². The molecule has 4 rings (SSSR count). The molecular weight excluding hydrogens is 396 g/mol. The van der Waals surface area contributed by atoms with Crippen LogP contribution in [0.25, 0.3) is 0 Å². The molecule has 0 bridgehead atoms. The van der Waals surface area contributed by atoms with Crippen molar-refractivity contribution >= 4 is 28.9 Å². The Morgan fingerprint density at radius 2 is 1.77 bits per heavy atom. The topological polar surface area (TPSA) is 83.9 Å². The lowest BCUT2D eigenvalue weighted by atomic mass is 9.93. The van der Waals surface area contributed by atoms with Crippen LogP contribution in [0.5, 0.6) is 0 Å². The molecule has 0 radical (unpaired) electrons. The Kier molecular flexibility index (Phi) is 5.76. The van der Waals surface area contributed by atoms with E-state index in [1.165, 1.54) is 11.3 Å². The second kappa shape index (κ2) is 8.47. The standard InChI is InChI=1S/C22H26N6OS/c1-13-11-14(2)25-22(24-13)27-18-5-6-19(23-12-18)17-7-9-28(10-8-17)21(29)20-15(3)26-16(4)30-20/h5-6,11-12,17H,7-10H2,1-4H3,(H,24,25,27). The molecule has 8 heteroatoms. The van der Waals surface area contributed by atoms with Gasteiger partial charge in [-0.1, -0.05) is 0 Å². The van der Waals surface area contributed by atoms with Crippen molar-refractivity contribution in [3.8, 4) is 0 Å². The largest absolute Gasteiger partial charge is 0.338 e. The molecule has 1 N–H and O–H groups in total. The molecule has 0 saturated carbocycles. The summed E-state index contributed by atoms with van der Waals surface area (Å²) in [4.78, 5) is 33.4. The van der Waals surface area contributed by atoms with E-state index in [2.05, 4.69) is 31.3 Å². The average molecular weight is 423 g/mol. The van der Waals surface area contributed by atoms with E-state index in [1.807, 2.05) is 50.9 Å². The van der Waals surface area contributed by atoms with E-state index >= 15 is 0 Å². The minimum atomic E-state index is 0.109. The first kappa shape index (κ1) is 20.4. The van der Waals surface area contributed by atoms with E-state index in [-0.39, 0.29) is 5.91 Å². The number of nitrogens with zero attached hydrogens (tertiary/aromatic N) is 5. The number of anilines is 2. The third-order valence-corrected chi connectivity index (χ3v) is 6.38. The highest BCUT2D eigenvalue weighted by Gasteiger charge is 2.27. The maximum atomic E-state index is 12.8. The van der Waals surface area contributed by atoms with Gasteiger partial charge in [-0.2, -0.15) is 0 Å². The zero-order valence-corrected chi connectivity index (χ0v) is 18.6. The number of carbonyl (C=O) groups is 1. The third-order valence-electron chi connectivity index (χ3n) is 5.32. The summed E-state index contributed by atoms with van der Waals surface area (Å²) < 4.78 is 0. The van der Waals surface area contributed by atoms with Crippen molar-refractivity contribution in [3.05, 3.63) is 57.1 Å². The molecule has 3 aromatic heterocycles. The molecule has 156 valence electrons. The molecule has 30 heavy (non-hydrogen) atoms. The van der Waals surface area contributed by atoms with Gasteiger partial charge in [0.2, 0.25) is 5.95 Å². The molecule has 0 spiro atoms. The lowest BCUT2D eigenvalue weighted by Gasteiger charge is -2.31. The number of nitrogens with one attached hydrogen (secondary N) is 1. The molecule has 7 nitrogen and oxygen atoms in total. The average Bonchev–Trinajstić information content (AvgIpc) is 3.05. The van der Waals surface area contributed by atoms with Gasteiger partial charge in [0.05, 0.1) is 22.6 Å². The summed E-state index contributed by atoms with van der Waals surface area (Å²) in [6, 6.07) is 6.02. The molecule has 0 unspecified atom stereocenters. The Bertz CT molecular complexity index is 1030. The molecule has 1 aliphatic heterocycles. The van der Waals surface area contributed by atoms with Crippen LogP contribution in [0.4, 0.5) is 11.6 Å². The Morgan fingerprint density at radius 3 is 2.33 bits per heavy atom. The van der Waals surface area contributed by atoms with Crippen LogP contribution in [0.3, 0.4) is 0 Å². The second-order valence-corrected chi connectivity index (χ2v) is 8.99. The maximum absolute atomic E-state index is 12.8. The highest BCUT2D eigenvalue weighted by molar-refractivity contribution is 7.13. The van der Waals surface area contributed by atoms with Crippen molar-refractivity contribution in [1.29, 1.82) is 0 Å². The summed E-state index contributed by atoms with van der Waals surface area (Å²) in [6.45, 7) is 9.25. The molecule has 4 heterocycles. The van der Waals surface area contributed by atoms with Gasteiger partial charge in [0.1, 0.15) is 4.88 Å². The smallest absolute Gasteiger partial charge is 0.265 e. The van der Waals surface area contributed by atoms with Gasteiger partial charge in [-0.15, -0.1) is 11.3 Å². The van der Waals surface area contributed by atoms with Crippen LogP contribution < -0.4 is 5.32 Å². The Hall–Kier alpha value is -2.87. The lowest BCUT2D eigenvalue weighted by molar-refractivity contribution is 0.0716.